The first-order valence-corrected chi connectivity index (χ1v) is 7.50. The second kappa shape index (κ2) is 5.35. The third kappa shape index (κ3) is 4.08. The highest BCUT2D eigenvalue weighted by Gasteiger charge is 2.61. The molecule has 0 heterocycles. The van der Waals surface area contributed by atoms with Gasteiger partial charge in [0.25, 0.3) is 0 Å². The number of carbonyl (C=O) groups excluding carboxylic acids is 1. The Hall–Kier alpha value is -1.40. The molecule has 5 nitrogen and oxygen atoms in total. The summed E-state index contributed by atoms with van der Waals surface area (Å²) in [6.07, 6.45) is 0.526. The predicted octanol–water partition coefficient (Wildman–Crippen LogP) is 3.18. The maximum Gasteiger partial charge on any atom is 0.408 e. The molecule has 2 N–H and O–H groups in total. The molecule has 126 valence electrons. The molecule has 22 heavy (non-hydrogen) atoms. The van der Waals surface area contributed by atoms with E-state index in [9.17, 15) is 23.5 Å². The van der Waals surface area contributed by atoms with Crippen molar-refractivity contribution in [1.82, 2.24) is 5.32 Å². The minimum absolute atomic E-state index is 0.0622. The van der Waals surface area contributed by atoms with Crippen molar-refractivity contribution in [2.75, 3.05) is 0 Å². The molecule has 2 rings (SSSR count). The average Bonchev–Trinajstić information content (AvgIpc) is 2.19. The highest BCUT2D eigenvalue weighted by atomic mass is 19.3. The van der Waals surface area contributed by atoms with Gasteiger partial charge in [-0.05, 0) is 51.4 Å². The van der Waals surface area contributed by atoms with Crippen molar-refractivity contribution in [2.45, 2.75) is 70.4 Å². The van der Waals surface area contributed by atoms with E-state index in [1.54, 1.807) is 20.8 Å². The SMILES string of the molecule is CC(C)(C)OC(=O)NC(CC1CC2(C1)CC(F)(F)C2)C(=O)O. The Morgan fingerprint density at radius 3 is 2.27 bits per heavy atom. The van der Waals surface area contributed by atoms with Gasteiger partial charge in [-0.2, -0.15) is 0 Å². The van der Waals surface area contributed by atoms with Crippen LogP contribution in [-0.4, -0.2) is 34.7 Å². The fraction of sp³-hybridized carbons (Fsp3) is 0.867. The second-order valence-electron chi connectivity index (χ2n) is 7.76. The summed E-state index contributed by atoms with van der Waals surface area (Å²) >= 11 is 0. The largest absolute Gasteiger partial charge is 0.480 e. The number of halogens is 2. The van der Waals surface area contributed by atoms with Crippen molar-refractivity contribution in [3.8, 4) is 0 Å². The monoisotopic (exact) mass is 319 g/mol. The molecule has 1 spiro atoms. The zero-order chi connectivity index (χ0) is 16.8. The predicted molar refractivity (Wildman–Crippen MR) is 74.7 cm³/mol. The molecule has 0 aromatic heterocycles. The Bertz CT molecular complexity index is 457. The summed E-state index contributed by atoms with van der Waals surface area (Å²) in [6.45, 7) is 5.07. The molecule has 1 atom stereocenters. The van der Waals surface area contributed by atoms with Crippen LogP contribution >= 0.6 is 0 Å². The van der Waals surface area contributed by atoms with Crippen molar-refractivity contribution < 1.29 is 28.2 Å². The number of hydrogen-bond acceptors (Lipinski definition) is 3. The van der Waals surface area contributed by atoms with Gasteiger partial charge < -0.3 is 15.2 Å². The highest BCUT2D eigenvalue weighted by Crippen LogP contribution is 2.65. The summed E-state index contributed by atoms with van der Waals surface area (Å²) in [7, 11) is 0. The molecule has 0 aliphatic heterocycles. The normalized spacial score (nSPS) is 24.0. The lowest BCUT2D eigenvalue weighted by Gasteiger charge is -2.57. The maximum absolute atomic E-state index is 12.9. The van der Waals surface area contributed by atoms with E-state index in [2.05, 4.69) is 5.32 Å². The van der Waals surface area contributed by atoms with Crippen LogP contribution < -0.4 is 5.32 Å². The van der Waals surface area contributed by atoms with Gasteiger partial charge in [-0.25, -0.2) is 18.4 Å². The number of alkyl carbamates (subject to hydrolysis) is 1. The van der Waals surface area contributed by atoms with Crippen LogP contribution in [0.4, 0.5) is 13.6 Å². The van der Waals surface area contributed by atoms with Gasteiger partial charge in [0.2, 0.25) is 5.92 Å². The van der Waals surface area contributed by atoms with Gasteiger partial charge in [0.05, 0.1) is 0 Å². The quantitative estimate of drug-likeness (QED) is 0.834. The molecule has 1 unspecified atom stereocenters. The molecule has 2 aliphatic carbocycles. The molecule has 2 aliphatic rings. The van der Waals surface area contributed by atoms with Crippen molar-refractivity contribution >= 4 is 12.1 Å². The van der Waals surface area contributed by atoms with Gasteiger partial charge in [0, 0.05) is 12.8 Å². The Labute approximate surface area is 128 Å². The fourth-order valence-electron chi connectivity index (χ4n) is 3.67. The van der Waals surface area contributed by atoms with E-state index in [-0.39, 0.29) is 30.6 Å². The van der Waals surface area contributed by atoms with Gasteiger partial charge in [-0.15, -0.1) is 0 Å². The van der Waals surface area contributed by atoms with Crippen molar-refractivity contribution in [1.29, 1.82) is 0 Å². The number of nitrogens with one attached hydrogen (secondary N) is 1. The van der Waals surface area contributed by atoms with Crippen molar-refractivity contribution in [2.24, 2.45) is 11.3 Å². The second-order valence-corrected chi connectivity index (χ2v) is 7.76. The first-order valence-electron chi connectivity index (χ1n) is 7.50. The minimum Gasteiger partial charge on any atom is -0.480 e. The molecule has 2 saturated carbocycles. The molecule has 0 radical (unpaired) electrons. The Balaban J connectivity index is 1.79. The van der Waals surface area contributed by atoms with E-state index in [1.165, 1.54) is 0 Å². The summed E-state index contributed by atoms with van der Waals surface area (Å²) in [4.78, 5) is 22.9. The Kier molecular flexibility index (Phi) is 4.13. The van der Waals surface area contributed by atoms with Gasteiger partial charge in [-0.3, -0.25) is 0 Å². The molecular weight excluding hydrogens is 296 g/mol. The number of rotatable bonds is 4. The third-order valence-electron chi connectivity index (χ3n) is 4.27. The van der Waals surface area contributed by atoms with Crippen LogP contribution in [0.1, 0.15) is 52.9 Å². The molecule has 0 aromatic rings. The van der Waals surface area contributed by atoms with Gasteiger partial charge >= 0.3 is 12.1 Å². The molecule has 1 amide bonds. The van der Waals surface area contributed by atoms with Crippen LogP contribution in [0.3, 0.4) is 0 Å². The smallest absolute Gasteiger partial charge is 0.408 e. The highest BCUT2D eigenvalue weighted by molar-refractivity contribution is 5.80. The van der Waals surface area contributed by atoms with Crippen LogP contribution in [0.2, 0.25) is 0 Å². The van der Waals surface area contributed by atoms with Crippen LogP contribution in [0.15, 0.2) is 0 Å². The van der Waals surface area contributed by atoms with E-state index in [4.69, 9.17) is 4.74 Å². The van der Waals surface area contributed by atoms with E-state index < -0.39 is 29.6 Å². The summed E-state index contributed by atoms with van der Waals surface area (Å²) in [5.41, 5.74) is -0.992. The van der Waals surface area contributed by atoms with Crippen LogP contribution in [-0.2, 0) is 9.53 Å². The third-order valence-corrected chi connectivity index (χ3v) is 4.27. The molecule has 0 aromatic carbocycles. The lowest BCUT2D eigenvalue weighted by atomic mass is 9.49. The molecule has 2 fully saturated rings. The topological polar surface area (TPSA) is 75.6 Å². The van der Waals surface area contributed by atoms with Crippen molar-refractivity contribution in [3.05, 3.63) is 0 Å². The molecule has 7 heteroatoms. The summed E-state index contributed by atoms with van der Waals surface area (Å²) in [6, 6.07) is -1.04. The number of carboxylic acid groups (broad SMARTS) is 1. The number of ether oxygens (including phenoxy) is 1. The number of carboxylic acids is 1. The zero-order valence-corrected chi connectivity index (χ0v) is 13.1. The minimum atomic E-state index is -2.55. The number of hydrogen-bond donors (Lipinski definition) is 2. The van der Waals surface area contributed by atoms with Crippen LogP contribution in [0, 0.1) is 11.3 Å². The number of amides is 1. The van der Waals surface area contributed by atoms with Crippen LogP contribution in [0.25, 0.3) is 0 Å². The lowest BCUT2D eigenvalue weighted by Crippen LogP contribution is -2.55. The van der Waals surface area contributed by atoms with E-state index in [0.717, 1.165) is 0 Å². The van der Waals surface area contributed by atoms with Crippen molar-refractivity contribution in [3.63, 3.8) is 0 Å². The first kappa shape index (κ1) is 17.0. The molecule has 0 saturated heterocycles. The number of aliphatic carboxylic acids is 1. The molecular formula is C15H23F2NO4. The fourth-order valence-corrected chi connectivity index (χ4v) is 3.67. The first-order chi connectivity index (χ1) is 9.90. The standard InChI is InChI=1S/C15H23F2NO4/c1-13(2,3)22-12(21)18-10(11(19)20)4-9-5-14(6-9)7-15(16,17)8-14/h9-10H,4-8H2,1-3H3,(H,18,21)(H,19,20). The number of carbonyl (C=O) groups is 2. The lowest BCUT2D eigenvalue weighted by molar-refractivity contribution is -0.208. The summed E-state index contributed by atoms with van der Waals surface area (Å²) in [5, 5.41) is 11.5. The Morgan fingerprint density at radius 1 is 1.32 bits per heavy atom. The Morgan fingerprint density at radius 2 is 1.86 bits per heavy atom. The average molecular weight is 319 g/mol. The molecule has 0 bridgehead atoms. The summed E-state index contributed by atoms with van der Waals surface area (Å²) < 4.78 is 30.9. The van der Waals surface area contributed by atoms with E-state index in [1.807, 2.05) is 0 Å². The number of alkyl halides is 2. The summed E-state index contributed by atoms with van der Waals surface area (Å²) in [5.74, 6) is -3.62. The van der Waals surface area contributed by atoms with Gasteiger partial charge in [0.1, 0.15) is 11.6 Å². The maximum atomic E-state index is 12.9. The van der Waals surface area contributed by atoms with E-state index in [0.29, 0.717) is 12.8 Å². The van der Waals surface area contributed by atoms with Gasteiger partial charge in [0.15, 0.2) is 0 Å². The zero-order valence-electron chi connectivity index (χ0n) is 13.1. The van der Waals surface area contributed by atoms with E-state index >= 15 is 0 Å². The van der Waals surface area contributed by atoms with Crippen LogP contribution in [0.5, 0.6) is 0 Å². The van der Waals surface area contributed by atoms with Gasteiger partial charge in [-0.1, -0.05) is 0 Å².